The maximum absolute atomic E-state index is 13.0. The second kappa shape index (κ2) is 10.3. The van der Waals surface area contributed by atoms with Crippen molar-refractivity contribution in [1.29, 1.82) is 0 Å². The summed E-state index contributed by atoms with van der Waals surface area (Å²) in [7, 11) is -1.55. The van der Waals surface area contributed by atoms with Gasteiger partial charge in [0.15, 0.2) is 12.9 Å². The lowest BCUT2D eigenvalue weighted by Crippen LogP contribution is -2.39. The second-order valence-corrected chi connectivity index (χ2v) is 11.6. The fourth-order valence-electron chi connectivity index (χ4n) is 4.73. The van der Waals surface area contributed by atoms with Crippen molar-refractivity contribution in [3.05, 3.63) is 59.4 Å². The molecule has 0 amide bonds. The molecule has 36 heavy (non-hydrogen) atoms. The highest BCUT2D eigenvalue weighted by molar-refractivity contribution is 7.89. The molecule has 3 heterocycles. The average molecular weight is 524 g/mol. The molecule has 11 heteroatoms. The third kappa shape index (κ3) is 4.90. The number of hydrogen-bond acceptors (Lipinski definition) is 6. The van der Waals surface area contributed by atoms with Crippen molar-refractivity contribution in [3.63, 3.8) is 0 Å². The highest BCUT2D eigenvalue weighted by Crippen LogP contribution is 2.31. The summed E-state index contributed by atoms with van der Waals surface area (Å²) in [5, 5.41) is 8.91. The molecule has 1 aliphatic heterocycles. The van der Waals surface area contributed by atoms with Crippen LogP contribution in [0.25, 0.3) is 11.2 Å². The Kier molecular flexibility index (Phi) is 7.10. The van der Waals surface area contributed by atoms with Crippen LogP contribution in [0.1, 0.15) is 31.4 Å². The van der Waals surface area contributed by atoms with Crippen molar-refractivity contribution in [1.82, 2.24) is 18.9 Å². The van der Waals surface area contributed by atoms with Crippen molar-refractivity contribution in [2.75, 3.05) is 30.7 Å². The minimum Gasteiger partial charge on any atom is -0.399 e. The van der Waals surface area contributed by atoms with Gasteiger partial charge in [-0.3, -0.25) is 0 Å². The van der Waals surface area contributed by atoms with E-state index in [0.717, 1.165) is 58.9 Å². The van der Waals surface area contributed by atoms with E-state index in [1.165, 1.54) is 6.07 Å². The number of nitrogens with zero attached hydrogens (tertiary/aromatic N) is 4. The van der Waals surface area contributed by atoms with Crippen LogP contribution in [0.3, 0.4) is 0 Å². The van der Waals surface area contributed by atoms with E-state index in [1.54, 1.807) is 22.5 Å². The summed E-state index contributed by atoms with van der Waals surface area (Å²) in [5.41, 5.74) is 9.73. The summed E-state index contributed by atoms with van der Waals surface area (Å²) in [6.07, 6.45) is 9.24. The van der Waals surface area contributed by atoms with Crippen LogP contribution in [0.4, 0.5) is 11.5 Å². The summed E-state index contributed by atoms with van der Waals surface area (Å²) < 4.78 is 29.4. The number of piperidine rings is 1. The SMILES string of the molecule is C[B]c1cnn2c(NCC3CCN(S(=O)(=O)c4cccc(N)c4)CC3)cc(C3=C(Cl)CCC=C3)nc12. The largest absolute Gasteiger partial charge is 0.399 e. The fourth-order valence-corrected chi connectivity index (χ4v) is 6.53. The van der Waals surface area contributed by atoms with Gasteiger partial charge in [0.1, 0.15) is 5.82 Å². The van der Waals surface area contributed by atoms with E-state index < -0.39 is 10.0 Å². The van der Waals surface area contributed by atoms with Crippen molar-refractivity contribution in [3.8, 4) is 0 Å². The first-order valence-electron chi connectivity index (χ1n) is 12.2. The lowest BCUT2D eigenvalue weighted by molar-refractivity contribution is 0.282. The second-order valence-electron chi connectivity index (χ2n) is 9.21. The number of fused-ring (bicyclic) bond motifs is 1. The van der Waals surface area contributed by atoms with Crippen LogP contribution in [0.5, 0.6) is 0 Å². The standard InChI is InChI=1S/C25H29BClN6O2S/c1-26-21-16-30-33-24(14-23(31-25(21)33)20-7-2-3-8-22(20)27)29-15-17-9-11-32(12-10-17)36(34,35)19-6-4-5-18(28)13-19/h2,4-7,13-14,16-17,29H,3,8-12,15,28H2,1H3. The van der Waals surface area contributed by atoms with Crippen molar-refractivity contribution in [2.45, 2.75) is 37.4 Å². The Morgan fingerprint density at radius 2 is 2.06 bits per heavy atom. The molecule has 5 rings (SSSR count). The Labute approximate surface area is 217 Å². The van der Waals surface area contributed by atoms with Gasteiger partial charge in [-0.1, -0.05) is 36.6 Å². The Morgan fingerprint density at radius 1 is 1.25 bits per heavy atom. The molecular weight excluding hydrogens is 495 g/mol. The van der Waals surface area contributed by atoms with Gasteiger partial charge in [-0.15, -0.1) is 0 Å². The monoisotopic (exact) mass is 523 g/mol. The molecule has 3 N–H and O–H groups in total. The van der Waals surface area contributed by atoms with Gasteiger partial charge in [0.25, 0.3) is 0 Å². The number of hydrogen-bond donors (Lipinski definition) is 2. The Morgan fingerprint density at radius 3 is 2.78 bits per heavy atom. The number of rotatable bonds is 7. The molecule has 0 saturated carbocycles. The van der Waals surface area contributed by atoms with Crippen LogP contribution in [-0.4, -0.2) is 54.2 Å². The van der Waals surface area contributed by atoms with E-state index in [0.29, 0.717) is 31.2 Å². The van der Waals surface area contributed by atoms with Crippen molar-refractivity contribution in [2.24, 2.45) is 5.92 Å². The number of sulfonamides is 1. The Bertz CT molecular complexity index is 1440. The number of anilines is 2. The van der Waals surface area contributed by atoms with Crippen LogP contribution >= 0.6 is 11.6 Å². The van der Waals surface area contributed by atoms with E-state index in [1.807, 2.05) is 37.0 Å². The molecule has 1 aliphatic carbocycles. The topological polar surface area (TPSA) is 106 Å². The molecule has 0 unspecified atom stereocenters. The molecule has 2 aliphatic rings. The third-order valence-electron chi connectivity index (χ3n) is 6.83. The smallest absolute Gasteiger partial charge is 0.243 e. The number of allylic oxidation sites excluding steroid dienone is 4. The minimum atomic E-state index is -3.54. The van der Waals surface area contributed by atoms with Crippen LogP contribution in [0.2, 0.25) is 6.82 Å². The van der Waals surface area contributed by atoms with Gasteiger partial charge in [-0.2, -0.15) is 13.9 Å². The van der Waals surface area contributed by atoms with E-state index in [-0.39, 0.29) is 4.90 Å². The first kappa shape index (κ1) is 24.9. The summed E-state index contributed by atoms with van der Waals surface area (Å²) in [6.45, 7) is 3.63. The molecule has 0 spiro atoms. The van der Waals surface area contributed by atoms with E-state index in [4.69, 9.17) is 22.3 Å². The van der Waals surface area contributed by atoms with Gasteiger partial charge in [-0.05, 0) is 55.3 Å². The molecule has 8 nitrogen and oxygen atoms in total. The van der Waals surface area contributed by atoms with E-state index in [2.05, 4.69) is 16.5 Å². The maximum atomic E-state index is 13.0. The first-order chi connectivity index (χ1) is 17.4. The third-order valence-corrected chi connectivity index (χ3v) is 9.12. The number of aromatic nitrogens is 3. The molecule has 1 aromatic carbocycles. The molecule has 1 saturated heterocycles. The quantitative estimate of drug-likeness (QED) is 0.363. The number of nitrogens with one attached hydrogen (secondary N) is 1. The highest BCUT2D eigenvalue weighted by atomic mass is 35.5. The zero-order valence-corrected chi connectivity index (χ0v) is 21.8. The van der Waals surface area contributed by atoms with Crippen molar-refractivity contribution < 1.29 is 8.42 Å². The highest BCUT2D eigenvalue weighted by Gasteiger charge is 2.29. The van der Waals surface area contributed by atoms with Gasteiger partial charge in [0.05, 0.1) is 10.6 Å². The number of benzene rings is 1. The van der Waals surface area contributed by atoms with Gasteiger partial charge in [0.2, 0.25) is 10.0 Å². The van der Waals surface area contributed by atoms with E-state index >= 15 is 0 Å². The summed E-state index contributed by atoms with van der Waals surface area (Å²) in [5.74, 6) is 1.17. The number of nitrogen functional groups attached to an aromatic ring is 1. The lowest BCUT2D eigenvalue weighted by atomic mass is 9.75. The van der Waals surface area contributed by atoms with Crippen LogP contribution in [0.15, 0.2) is 58.6 Å². The Balaban J connectivity index is 1.31. The van der Waals surface area contributed by atoms with Gasteiger partial charge in [0, 0.05) is 48.2 Å². The molecule has 1 radical (unpaired) electrons. The Hall–Kier alpha value is -2.82. The molecule has 1 fully saturated rings. The lowest BCUT2D eigenvalue weighted by Gasteiger charge is -2.31. The number of halogens is 1. The zero-order valence-electron chi connectivity index (χ0n) is 20.2. The fraction of sp³-hybridized carbons (Fsp3) is 0.360. The summed E-state index contributed by atoms with van der Waals surface area (Å²) in [6, 6.07) is 8.47. The molecule has 0 atom stereocenters. The first-order valence-corrected chi connectivity index (χ1v) is 14.0. The molecular formula is C25H29BClN6O2S. The zero-order chi connectivity index (χ0) is 25.3. The summed E-state index contributed by atoms with van der Waals surface area (Å²) in [4.78, 5) is 5.11. The number of nitrogens with two attached hydrogens (primary N) is 1. The maximum Gasteiger partial charge on any atom is 0.243 e. The van der Waals surface area contributed by atoms with Gasteiger partial charge >= 0.3 is 0 Å². The van der Waals surface area contributed by atoms with Crippen molar-refractivity contribution >= 4 is 57.1 Å². The molecule has 187 valence electrons. The van der Waals surface area contributed by atoms with E-state index in [9.17, 15) is 8.42 Å². The van der Waals surface area contributed by atoms with Crippen LogP contribution in [0, 0.1) is 5.92 Å². The van der Waals surface area contributed by atoms with Crippen LogP contribution in [-0.2, 0) is 10.0 Å². The molecule has 2 aromatic heterocycles. The molecule has 3 aromatic rings. The summed E-state index contributed by atoms with van der Waals surface area (Å²) >= 11 is 6.55. The predicted molar refractivity (Wildman–Crippen MR) is 146 cm³/mol. The predicted octanol–water partition coefficient (Wildman–Crippen LogP) is 3.50. The minimum absolute atomic E-state index is 0.248. The van der Waals surface area contributed by atoms with Gasteiger partial charge < -0.3 is 11.1 Å². The van der Waals surface area contributed by atoms with Gasteiger partial charge in [-0.25, -0.2) is 13.4 Å². The average Bonchev–Trinajstić information content (AvgIpc) is 3.31. The normalized spacial score (nSPS) is 17.6. The van der Waals surface area contributed by atoms with Crippen LogP contribution < -0.4 is 16.5 Å². The molecule has 0 bridgehead atoms.